The molecule has 94 valence electrons. The molecular formula is C15H22O2. The number of carbonyl (C=O) groups is 1. The van der Waals surface area contributed by atoms with Crippen molar-refractivity contribution in [3.63, 3.8) is 0 Å². The Labute approximate surface area is 104 Å². The molecule has 0 spiro atoms. The Balaban J connectivity index is 3.33. The van der Waals surface area contributed by atoms with E-state index in [2.05, 4.69) is 13.8 Å². The number of benzene rings is 1. The summed E-state index contributed by atoms with van der Waals surface area (Å²) in [6.45, 7) is 10.4. The van der Waals surface area contributed by atoms with Crippen molar-refractivity contribution in [1.29, 1.82) is 0 Å². The van der Waals surface area contributed by atoms with Crippen LogP contribution >= 0.6 is 0 Å². The van der Waals surface area contributed by atoms with Gasteiger partial charge < -0.3 is 5.11 Å². The third-order valence-corrected chi connectivity index (χ3v) is 2.78. The van der Waals surface area contributed by atoms with Crippen molar-refractivity contribution in [2.45, 2.75) is 46.5 Å². The molecule has 0 aromatic heterocycles. The summed E-state index contributed by atoms with van der Waals surface area (Å²) in [6, 6.07) is 3.81. The van der Waals surface area contributed by atoms with Gasteiger partial charge in [0.05, 0.1) is 5.56 Å². The lowest BCUT2D eigenvalue weighted by atomic mass is 9.83. The van der Waals surface area contributed by atoms with E-state index in [1.165, 1.54) is 0 Å². The molecular weight excluding hydrogens is 212 g/mol. The second kappa shape index (κ2) is 4.91. The largest absolute Gasteiger partial charge is 0.507 e. The highest BCUT2D eigenvalue weighted by Crippen LogP contribution is 2.34. The van der Waals surface area contributed by atoms with Crippen molar-refractivity contribution in [3.05, 3.63) is 28.8 Å². The van der Waals surface area contributed by atoms with Gasteiger partial charge in [0, 0.05) is 5.56 Å². The highest BCUT2D eigenvalue weighted by molar-refractivity contribution is 5.80. The highest BCUT2D eigenvalue weighted by Gasteiger charge is 2.21. The zero-order valence-corrected chi connectivity index (χ0v) is 11.4. The van der Waals surface area contributed by atoms with Crippen molar-refractivity contribution in [3.8, 4) is 5.75 Å². The zero-order valence-electron chi connectivity index (χ0n) is 11.4. The molecule has 0 fully saturated rings. The van der Waals surface area contributed by atoms with Crippen molar-refractivity contribution in [2.75, 3.05) is 0 Å². The molecule has 0 bridgehead atoms. The minimum Gasteiger partial charge on any atom is -0.507 e. The van der Waals surface area contributed by atoms with Crippen LogP contribution in [0.2, 0.25) is 0 Å². The zero-order chi connectivity index (χ0) is 13.2. The van der Waals surface area contributed by atoms with Gasteiger partial charge in [0.25, 0.3) is 0 Å². The second-order valence-electron chi connectivity index (χ2n) is 6.05. The van der Waals surface area contributed by atoms with E-state index < -0.39 is 0 Å². The molecule has 1 aromatic carbocycles. The van der Waals surface area contributed by atoms with Crippen LogP contribution in [0.3, 0.4) is 0 Å². The van der Waals surface area contributed by atoms with Crippen LogP contribution in [-0.2, 0) is 11.8 Å². The first-order valence-electron chi connectivity index (χ1n) is 6.07. The Morgan fingerprint density at radius 3 is 2.29 bits per heavy atom. The molecule has 0 saturated heterocycles. The number of carbonyl (C=O) groups excluding carboxylic acids is 1. The molecule has 1 aromatic rings. The van der Waals surface area contributed by atoms with Gasteiger partial charge in [-0.25, -0.2) is 0 Å². The van der Waals surface area contributed by atoms with Gasteiger partial charge in [0.1, 0.15) is 5.75 Å². The highest BCUT2D eigenvalue weighted by atomic mass is 16.3. The number of hydrogen-bond donors (Lipinski definition) is 1. The van der Waals surface area contributed by atoms with E-state index in [9.17, 15) is 9.90 Å². The topological polar surface area (TPSA) is 37.3 Å². The molecule has 17 heavy (non-hydrogen) atoms. The smallest absolute Gasteiger partial charge is 0.153 e. The van der Waals surface area contributed by atoms with Gasteiger partial charge in [-0.1, -0.05) is 40.7 Å². The number of phenolic OH excluding ortho intramolecular Hbond substituents is 1. The molecule has 2 nitrogen and oxygen atoms in total. The van der Waals surface area contributed by atoms with Crippen LogP contribution in [-0.4, -0.2) is 11.4 Å². The maximum absolute atomic E-state index is 11.0. The lowest BCUT2D eigenvalue weighted by Gasteiger charge is -2.22. The Kier molecular flexibility index (Phi) is 3.97. The van der Waals surface area contributed by atoms with E-state index >= 15 is 0 Å². The number of aldehydes is 1. The third-order valence-electron chi connectivity index (χ3n) is 2.78. The summed E-state index contributed by atoms with van der Waals surface area (Å²) >= 11 is 0. The number of rotatable bonds is 3. The van der Waals surface area contributed by atoms with Crippen LogP contribution in [0.25, 0.3) is 0 Å². The fourth-order valence-electron chi connectivity index (χ4n) is 1.97. The molecule has 0 saturated carbocycles. The summed E-state index contributed by atoms with van der Waals surface area (Å²) in [5.74, 6) is 0.659. The first-order chi connectivity index (χ1) is 7.75. The average Bonchev–Trinajstić information content (AvgIpc) is 2.17. The fourth-order valence-corrected chi connectivity index (χ4v) is 1.97. The molecule has 0 aliphatic heterocycles. The molecule has 0 aliphatic carbocycles. The minimum absolute atomic E-state index is 0.125. The molecule has 0 heterocycles. The molecule has 0 unspecified atom stereocenters. The van der Waals surface area contributed by atoms with Crippen molar-refractivity contribution >= 4 is 6.29 Å². The van der Waals surface area contributed by atoms with Crippen LogP contribution in [0, 0.1) is 5.92 Å². The van der Waals surface area contributed by atoms with Gasteiger partial charge in [-0.2, -0.15) is 0 Å². The molecule has 1 N–H and O–H groups in total. The summed E-state index contributed by atoms with van der Waals surface area (Å²) in [6.07, 6.45) is 1.65. The van der Waals surface area contributed by atoms with Gasteiger partial charge >= 0.3 is 0 Å². The standard InChI is InChI=1S/C15H22O2/c1-10(2)6-11-7-12(9-16)14(17)13(8-11)15(3,4)5/h7-10,17H,6H2,1-5H3. The minimum atomic E-state index is -0.158. The first kappa shape index (κ1) is 13.8. The lowest BCUT2D eigenvalue weighted by Crippen LogP contribution is -2.13. The fraction of sp³-hybridized carbons (Fsp3) is 0.533. The number of phenols is 1. The van der Waals surface area contributed by atoms with Gasteiger partial charge in [0.2, 0.25) is 0 Å². The maximum atomic E-state index is 11.0. The molecule has 0 atom stereocenters. The third kappa shape index (κ3) is 3.32. The molecule has 1 rings (SSSR count). The second-order valence-corrected chi connectivity index (χ2v) is 6.05. The van der Waals surface area contributed by atoms with E-state index in [1.807, 2.05) is 26.8 Å². The van der Waals surface area contributed by atoms with Crippen LogP contribution < -0.4 is 0 Å². The molecule has 2 heteroatoms. The average molecular weight is 234 g/mol. The van der Waals surface area contributed by atoms with Crippen LogP contribution in [0.5, 0.6) is 5.75 Å². The van der Waals surface area contributed by atoms with Gasteiger partial charge in [0.15, 0.2) is 6.29 Å². The Bertz CT molecular complexity index is 412. The summed E-state index contributed by atoms with van der Waals surface area (Å²) in [5, 5.41) is 10.1. The maximum Gasteiger partial charge on any atom is 0.153 e. The Morgan fingerprint density at radius 2 is 1.88 bits per heavy atom. The Morgan fingerprint density at radius 1 is 1.29 bits per heavy atom. The molecule has 0 aliphatic rings. The van der Waals surface area contributed by atoms with E-state index in [1.54, 1.807) is 6.07 Å². The summed E-state index contributed by atoms with van der Waals surface area (Å²) < 4.78 is 0. The quantitative estimate of drug-likeness (QED) is 0.810. The van der Waals surface area contributed by atoms with Crippen LogP contribution in [0.1, 0.15) is 56.1 Å². The monoisotopic (exact) mass is 234 g/mol. The van der Waals surface area contributed by atoms with Gasteiger partial charge in [-0.3, -0.25) is 4.79 Å². The SMILES string of the molecule is CC(C)Cc1cc(C=O)c(O)c(C(C)(C)C)c1. The predicted octanol–water partition coefficient (Wildman–Crippen LogP) is 3.70. The summed E-state index contributed by atoms with van der Waals surface area (Å²) in [5.41, 5.74) is 2.20. The van der Waals surface area contributed by atoms with Gasteiger partial charge in [-0.05, 0) is 29.4 Å². The lowest BCUT2D eigenvalue weighted by molar-refractivity contribution is 0.112. The first-order valence-corrected chi connectivity index (χ1v) is 6.07. The number of aromatic hydroxyl groups is 1. The van der Waals surface area contributed by atoms with Crippen molar-refractivity contribution in [2.24, 2.45) is 5.92 Å². The molecule has 0 amide bonds. The summed E-state index contributed by atoms with van der Waals surface area (Å²) in [7, 11) is 0. The van der Waals surface area contributed by atoms with Gasteiger partial charge in [-0.15, -0.1) is 0 Å². The van der Waals surface area contributed by atoms with E-state index in [0.717, 1.165) is 23.8 Å². The van der Waals surface area contributed by atoms with E-state index in [0.29, 0.717) is 11.5 Å². The molecule has 0 radical (unpaired) electrons. The van der Waals surface area contributed by atoms with E-state index in [-0.39, 0.29) is 11.2 Å². The van der Waals surface area contributed by atoms with E-state index in [4.69, 9.17) is 0 Å². The van der Waals surface area contributed by atoms with Crippen LogP contribution in [0.4, 0.5) is 0 Å². The van der Waals surface area contributed by atoms with Crippen molar-refractivity contribution in [1.82, 2.24) is 0 Å². The van der Waals surface area contributed by atoms with Crippen LogP contribution in [0.15, 0.2) is 12.1 Å². The van der Waals surface area contributed by atoms with Crippen molar-refractivity contribution < 1.29 is 9.90 Å². The normalized spacial score (nSPS) is 11.9. The Hall–Kier alpha value is -1.31. The summed E-state index contributed by atoms with van der Waals surface area (Å²) in [4.78, 5) is 11.0. The number of hydrogen-bond acceptors (Lipinski definition) is 2. The predicted molar refractivity (Wildman–Crippen MR) is 70.7 cm³/mol.